The first kappa shape index (κ1) is 14.4. The van der Waals surface area contributed by atoms with Crippen molar-refractivity contribution in [2.75, 3.05) is 0 Å². The Morgan fingerprint density at radius 2 is 2.10 bits per heavy atom. The summed E-state index contributed by atoms with van der Waals surface area (Å²) >= 11 is 5.88. The fourth-order valence-corrected chi connectivity index (χ4v) is 2.14. The third kappa shape index (κ3) is 3.09. The van der Waals surface area contributed by atoms with Crippen molar-refractivity contribution in [3.63, 3.8) is 0 Å². The van der Waals surface area contributed by atoms with E-state index in [1.165, 1.54) is 12.1 Å². The maximum absolute atomic E-state index is 13.2. The normalized spacial score (nSPS) is 10.1. The van der Waals surface area contributed by atoms with Crippen molar-refractivity contribution < 1.29 is 9.13 Å². The summed E-state index contributed by atoms with van der Waals surface area (Å²) in [5.74, 6) is 0.586. The number of benzene rings is 2. The highest BCUT2D eigenvalue weighted by Crippen LogP contribution is 2.26. The third-order valence-corrected chi connectivity index (χ3v) is 3.26. The molecule has 0 spiro atoms. The minimum Gasteiger partial charge on any atom is -0.488 e. The lowest BCUT2D eigenvalue weighted by molar-refractivity contribution is 0.301. The van der Waals surface area contributed by atoms with E-state index in [0.717, 1.165) is 22.4 Å². The van der Waals surface area contributed by atoms with Gasteiger partial charge in [0.25, 0.3) is 0 Å². The van der Waals surface area contributed by atoms with Gasteiger partial charge in [-0.05, 0) is 30.2 Å². The first-order valence-corrected chi connectivity index (χ1v) is 6.65. The topological polar surface area (TPSA) is 33.0 Å². The first-order valence-electron chi connectivity index (χ1n) is 6.11. The van der Waals surface area contributed by atoms with Crippen LogP contribution in [0.2, 0.25) is 0 Å². The number of hydrogen-bond donors (Lipinski definition) is 0. The molecule has 20 heavy (non-hydrogen) atoms. The molecule has 2 aromatic rings. The molecule has 2 nitrogen and oxygen atoms in total. The van der Waals surface area contributed by atoms with E-state index in [4.69, 9.17) is 21.6 Å². The van der Waals surface area contributed by atoms with E-state index in [2.05, 4.69) is 0 Å². The van der Waals surface area contributed by atoms with E-state index in [0.29, 0.717) is 5.88 Å². The second kappa shape index (κ2) is 6.40. The smallest absolute Gasteiger partial charge is 0.140 e. The maximum Gasteiger partial charge on any atom is 0.140 e. The lowest BCUT2D eigenvalue weighted by atomic mass is 10.1. The zero-order chi connectivity index (χ0) is 14.5. The zero-order valence-electron chi connectivity index (χ0n) is 11.0. The van der Waals surface area contributed by atoms with Crippen LogP contribution in [0.3, 0.4) is 0 Å². The molecule has 0 fully saturated rings. The van der Waals surface area contributed by atoms with Crippen LogP contribution >= 0.6 is 11.6 Å². The number of halogens is 2. The van der Waals surface area contributed by atoms with Crippen molar-refractivity contribution in [1.29, 1.82) is 5.26 Å². The quantitative estimate of drug-likeness (QED) is 0.785. The Morgan fingerprint density at radius 1 is 1.30 bits per heavy atom. The second-order valence-electron chi connectivity index (χ2n) is 4.41. The number of ether oxygens (including phenoxy) is 1. The van der Waals surface area contributed by atoms with Gasteiger partial charge in [-0.1, -0.05) is 24.3 Å². The molecule has 0 bridgehead atoms. The first-order chi connectivity index (χ1) is 9.65. The van der Waals surface area contributed by atoms with Crippen LogP contribution in [-0.4, -0.2) is 0 Å². The Bertz CT molecular complexity index is 664. The van der Waals surface area contributed by atoms with Crippen molar-refractivity contribution >= 4 is 11.6 Å². The van der Waals surface area contributed by atoms with Crippen LogP contribution in [-0.2, 0) is 12.5 Å². The lowest BCUT2D eigenvalue weighted by Crippen LogP contribution is -2.00. The van der Waals surface area contributed by atoms with Crippen LogP contribution in [0.1, 0.15) is 22.3 Å². The molecule has 0 aliphatic heterocycles. The summed E-state index contributed by atoms with van der Waals surface area (Å²) in [6.45, 7) is 2.21. The molecule has 0 unspecified atom stereocenters. The summed E-state index contributed by atoms with van der Waals surface area (Å²) < 4.78 is 19.0. The van der Waals surface area contributed by atoms with Crippen molar-refractivity contribution in [2.45, 2.75) is 19.4 Å². The standard InChI is InChI=1S/C16H13ClFNO/c1-11-3-2-4-13(8-17)16(11)20-10-12-5-6-15(18)14(7-12)9-19/h2-7H,8,10H2,1H3. The fourth-order valence-electron chi connectivity index (χ4n) is 1.93. The Hall–Kier alpha value is -2.05. The van der Waals surface area contributed by atoms with Gasteiger partial charge in [-0.25, -0.2) is 4.39 Å². The molecule has 4 heteroatoms. The van der Waals surface area contributed by atoms with E-state index < -0.39 is 5.82 Å². The Labute approximate surface area is 122 Å². The van der Waals surface area contributed by atoms with E-state index in [1.54, 1.807) is 6.07 Å². The van der Waals surface area contributed by atoms with E-state index in [1.807, 2.05) is 31.2 Å². The predicted molar refractivity (Wildman–Crippen MR) is 76.2 cm³/mol. The number of alkyl halides is 1. The van der Waals surface area contributed by atoms with Crippen LogP contribution in [0.25, 0.3) is 0 Å². The van der Waals surface area contributed by atoms with Gasteiger partial charge in [0, 0.05) is 5.56 Å². The summed E-state index contributed by atoms with van der Waals surface area (Å²) in [5, 5.41) is 8.81. The van der Waals surface area contributed by atoms with Gasteiger partial charge in [0.2, 0.25) is 0 Å². The minimum absolute atomic E-state index is 0.0217. The van der Waals surface area contributed by atoms with Gasteiger partial charge >= 0.3 is 0 Å². The summed E-state index contributed by atoms with van der Waals surface area (Å²) in [7, 11) is 0. The maximum atomic E-state index is 13.2. The number of para-hydroxylation sites is 1. The molecule has 0 saturated heterocycles. The Balaban J connectivity index is 2.19. The SMILES string of the molecule is Cc1cccc(CCl)c1OCc1ccc(F)c(C#N)c1. The largest absolute Gasteiger partial charge is 0.488 e. The van der Waals surface area contributed by atoms with Crippen LogP contribution in [0.15, 0.2) is 36.4 Å². The molecular formula is C16H13ClFNO. The number of aryl methyl sites for hydroxylation is 1. The van der Waals surface area contributed by atoms with Gasteiger partial charge in [-0.3, -0.25) is 0 Å². The highest BCUT2D eigenvalue weighted by Gasteiger charge is 2.08. The van der Waals surface area contributed by atoms with E-state index >= 15 is 0 Å². The average Bonchev–Trinajstić information content (AvgIpc) is 2.47. The second-order valence-corrected chi connectivity index (χ2v) is 4.68. The fraction of sp³-hybridized carbons (Fsp3) is 0.188. The molecule has 0 aliphatic rings. The van der Waals surface area contributed by atoms with Crippen molar-refractivity contribution in [2.24, 2.45) is 0 Å². The van der Waals surface area contributed by atoms with Crippen LogP contribution in [0.4, 0.5) is 4.39 Å². The summed E-state index contributed by atoms with van der Waals surface area (Å²) in [4.78, 5) is 0. The van der Waals surface area contributed by atoms with Gasteiger partial charge in [0.15, 0.2) is 0 Å². The van der Waals surface area contributed by atoms with Crippen LogP contribution < -0.4 is 4.74 Å². The van der Waals surface area contributed by atoms with Gasteiger partial charge in [0.05, 0.1) is 11.4 Å². The summed E-state index contributed by atoms with van der Waals surface area (Å²) in [6.07, 6.45) is 0. The van der Waals surface area contributed by atoms with Crippen LogP contribution in [0.5, 0.6) is 5.75 Å². The van der Waals surface area contributed by atoms with Gasteiger partial charge in [-0.2, -0.15) is 5.26 Å². The molecule has 0 heterocycles. The molecule has 0 aromatic heterocycles. The summed E-state index contributed by atoms with van der Waals surface area (Å²) in [6, 6.07) is 12.0. The zero-order valence-corrected chi connectivity index (χ0v) is 11.7. The molecule has 0 saturated carbocycles. The number of rotatable bonds is 4. The lowest BCUT2D eigenvalue weighted by Gasteiger charge is -2.13. The molecular weight excluding hydrogens is 277 g/mol. The van der Waals surface area contributed by atoms with Crippen LogP contribution in [0, 0.1) is 24.1 Å². The average molecular weight is 290 g/mol. The molecule has 0 aliphatic carbocycles. The van der Waals surface area contributed by atoms with Gasteiger partial charge in [-0.15, -0.1) is 11.6 Å². The molecule has 0 N–H and O–H groups in total. The van der Waals surface area contributed by atoms with Crippen molar-refractivity contribution in [1.82, 2.24) is 0 Å². The monoisotopic (exact) mass is 289 g/mol. The van der Waals surface area contributed by atoms with Gasteiger partial charge < -0.3 is 4.74 Å². The van der Waals surface area contributed by atoms with Crippen molar-refractivity contribution in [3.8, 4) is 11.8 Å². The molecule has 2 aromatic carbocycles. The molecule has 0 atom stereocenters. The van der Waals surface area contributed by atoms with E-state index in [-0.39, 0.29) is 12.2 Å². The highest BCUT2D eigenvalue weighted by molar-refractivity contribution is 6.17. The van der Waals surface area contributed by atoms with Gasteiger partial charge in [0.1, 0.15) is 24.2 Å². The molecule has 0 amide bonds. The van der Waals surface area contributed by atoms with E-state index in [9.17, 15) is 4.39 Å². The molecule has 2 rings (SSSR count). The molecule has 0 radical (unpaired) electrons. The Morgan fingerprint density at radius 3 is 2.80 bits per heavy atom. The number of nitriles is 1. The highest BCUT2D eigenvalue weighted by atomic mass is 35.5. The number of nitrogens with zero attached hydrogens (tertiary/aromatic N) is 1. The predicted octanol–water partition coefficient (Wildman–Crippen LogP) is 4.32. The number of hydrogen-bond acceptors (Lipinski definition) is 2. The third-order valence-electron chi connectivity index (χ3n) is 2.97. The Kier molecular flexibility index (Phi) is 4.60. The van der Waals surface area contributed by atoms with Crippen molar-refractivity contribution in [3.05, 3.63) is 64.5 Å². The minimum atomic E-state index is -0.520. The molecule has 102 valence electrons. The summed E-state index contributed by atoms with van der Waals surface area (Å²) in [5.41, 5.74) is 2.67.